The molecule has 0 radical (unpaired) electrons. The Morgan fingerprint density at radius 3 is 2.62 bits per heavy atom. The van der Waals surface area contributed by atoms with Crippen molar-refractivity contribution in [1.29, 1.82) is 0 Å². The number of aliphatic hydroxyl groups excluding tert-OH is 1. The first-order valence-corrected chi connectivity index (χ1v) is 5.66. The second kappa shape index (κ2) is 6.51. The molecule has 0 spiro atoms. The normalized spacial score (nSPS) is 12.8. The Labute approximate surface area is 97.4 Å². The van der Waals surface area contributed by atoms with E-state index in [1.807, 2.05) is 24.3 Å². The van der Waals surface area contributed by atoms with Gasteiger partial charge in [0.15, 0.2) is 0 Å². The first kappa shape index (κ1) is 13.0. The summed E-state index contributed by atoms with van der Waals surface area (Å²) in [6.45, 7) is 4.74. The van der Waals surface area contributed by atoms with Crippen molar-refractivity contribution in [2.45, 2.75) is 32.4 Å². The van der Waals surface area contributed by atoms with Crippen molar-refractivity contribution in [2.24, 2.45) is 0 Å². The molecule has 0 aromatic heterocycles. The minimum absolute atomic E-state index is 0.376. The fourth-order valence-corrected chi connectivity index (χ4v) is 1.57. The van der Waals surface area contributed by atoms with Crippen molar-refractivity contribution in [1.82, 2.24) is 5.32 Å². The number of para-hydroxylation sites is 1. The molecule has 90 valence electrons. The van der Waals surface area contributed by atoms with Crippen LogP contribution < -0.4 is 10.1 Å². The summed E-state index contributed by atoms with van der Waals surface area (Å²) in [6, 6.07) is 8.18. The Bertz CT molecular complexity index is 313. The molecule has 0 heterocycles. The number of ether oxygens (including phenoxy) is 1. The fraction of sp³-hybridized carbons (Fsp3) is 0.538. The van der Waals surface area contributed by atoms with Crippen molar-refractivity contribution in [3.8, 4) is 5.75 Å². The number of nitrogens with one attached hydrogen (secondary N) is 1. The first-order chi connectivity index (χ1) is 7.63. The van der Waals surface area contributed by atoms with Gasteiger partial charge in [0, 0.05) is 19.0 Å². The van der Waals surface area contributed by atoms with Gasteiger partial charge in [-0.05, 0) is 11.6 Å². The topological polar surface area (TPSA) is 41.5 Å². The van der Waals surface area contributed by atoms with Gasteiger partial charge < -0.3 is 15.2 Å². The second-order valence-corrected chi connectivity index (χ2v) is 4.23. The molecule has 3 heteroatoms. The molecule has 0 fully saturated rings. The molecule has 0 amide bonds. The van der Waals surface area contributed by atoms with Gasteiger partial charge in [-0.1, -0.05) is 32.0 Å². The molecule has 16 heavy (non-hydrogen) atoms. The van der Waals surface area contributed by atoms with Crippen LogP contribution in [0.5, 0.6) is 5.75 Å². The lowest BCUT2D eigenvalue weighted by Gasteiger charge is -2.15. The molecule has 1 unspecified atom stereocenters. The molecule has 0 bridgehead atoms. The van der Waals surface area contributed by atoms with E-state index in [0.29, 0.717) is 19.0 Å². The van der Waals surface area contributed by atoms with E-state index >= 15 is 0 Å². The third-order valence-electron chi connectivity index (χ3n) is 2.41. The van der Waals surface area contributed by atoms with Crippen LogP contribution in [0.25, 0.3) is 0 Å². The molecule has 0 saturated carbocycles. The van der Waals surface area contributed by atoms with Crippen LogP contribution in [0.4, 0.5) is 0 Å². The van der Waals surface area contributed by atoms with Crippen LogP contribution in [0.15, 0.2) is 24.3 Å². The number of benzene rings is 1. The Hall–Kier alpha value is -1.06. The lowest BCUT2D eigenvalue weighted by Crippen LogP contribution is -2.33. The van der Waals surface area contributed by atoms with Crippen molar-refractivity contribution in [3.63, 3.8) is 0 Å². The molecule has 1 aromatic carbocycles. The number of hydrogen-bond acceptors (Lipinski definition) is 3. The van der Waals surface area contributed by atoms with Crippen LogP contribution in [0.1, 0.15) is 19.4 Å². The third kappa shape index (κ3) is 4.21. The van der Waals surface area contributed by atoms with Crippen LogP contribution in [0.3, 0.4) is 0 Å². The summed E-state index contributed by atoms with van der Waals surface area (Å²) in [5.41, 5.74) is 1.04. The smallest absolute Gasteiger partial charge is 0.122 e. The van der Waals surface area contributed by atoms with Crippen molar-refractivity contribution >= 4 is 0 Å². The molecule has 1 rings (SSSR count). The molecule has 0 aliphatic rings. The highest BCUT2D eigenvalue weighted by molar-refractivity contribution is 5.33. The Kier molecular flexibility index (Phi) is 5.29. The monoisotopic (exact) mass is 223 g/mol. The number of methoxy groups -OCH3 is 1. The Morgan fingerprint density at radius 1 is 1.31 bits per heavy atom. The number of hydrogen-bond donors (Lipinski definition) is 2. The summed E-state index contributed by atoms with van der Waals surface area (Å²) in [5, 5.41) is 13.1. The molecular formula is C13H21NO2. The highest BCUT2D eigenvalue weighted by Crippen LogP contribution is 2.18. The highest BCUT2D eigenvalue weighted by Gasteiger charge is 2.09. The summed E-state index contributed by atoms with van der Waals surface area (Å²) >= 11 is 0. The molecule has 0 aliphatic heterocycles. The van der Waals surface area contributed by atoms with E-state index in [1.165, 1.54) is 0 Å². The summed E-state index contributed by atoms with van der Waals surface area (Å²) in [7, 11) is 1.65. The Morgan fingerprint density at radius 2 is 2.00 bits per heavy atom. The molecular weight excluding hydrogens is 202 g/mol. The molecule has 2 N–H and O–H groups in total. The van der Waals surface area contributed by atoms with Crippen molar-refractivity contribution in [2.75, 3.05) is 13.7 Å². The van der Waals surface area contributed by atoms with E-state index < -0.39 is 0 Å². The summed E-state index contributed by atoms with van der Waals surface area (Å²) in [4.78, 5) is 0. The van der Waals surface area contributed by atoms with E-state index in [2.05, 4.69) is 19.2 Å². The van der Waals surface area contributed by atoms with Crippen LogP contribution in [-0.2, 0) is 6.42 Å². The van der Waals surface area contributed by atoms with Gasteiger partial charge >= 0.3 is 0 Å². The van der Waals surface area contributed by atoms with Crippen LogP contribution in [0.2, 0.25) is 0 Å². The zero-order valence-electron chi connectivity index (χ0n) is 10.2. The number of aliphatic hydroxyl groups is 1. The van der Waals surface area contributed by atoms with E-state index in [0.717, 1.165) is 11.3 Å². The van der Waals surface area contributed by atoms with Gasteiger partial charge in [0.25, 0.3) is 0 Å². The van der Waals surface area contributed by atoms with Crippen molar-refractivity contribution in [3.05, 3.63) is 29.8 Å². The summed E-state index contributed by atoms with van der Waals surface area (Å²) in [6.07, 6.45) is 0.239. The minimum atomic E-state index is -0.376. The summed E-state index contributed by atoms with van der Waals surface area (Å²) < 4.78 is 5.24. The number of rotatable bonds is 6. The van der Waals surface area contributed by atoms with Crippen LogP contribution >= 0.6 is 0 Å². The maximum Gasteiger partial charge on any atom is 0.122 e. The SMILES string of the molecule is COc1ccccc1CC(O)CNC(C)C. The molecule has 0 aliphatic carbocycles. The van der Waals surface area contributed by atoms with Gasteiger partial charge in [-0.25, -0.2) is 0 Å². The van der Waals surface area contributed by atoms with E-state index in [-0.39, 0.29) is 6.10 Å². The maximum atomic E-state index is 9.85. The van der Waals surface area contributed by atoms with Gasteiger partial charge in [0.05, 0.1) is 13.2 Å². The van der Waals surface area contributed by atoms with Gasteiger partial charge in [-0.15, -0.1) is 0 Å². The van der Waals surface area contributed by atoms with Gasteiger partial charge in [-0.3, -0.25) is 0 Å². The predicted molar refractivity (Wildman–Crippen MR) is 65.8 cm³/mol. The van der Waals surface area contributed by atoms with Gasteiger partial charge in [0.2, 0.25) is 0 Å². The lowest BCUT2D eigenvalue weighted by molar-refractivity contribution is 0.168. The van der Waals surface area contributed by atoms with E-state index in [9.17, 15) is 5.11 Å². The fourth-order valence-electron chi connectivity index (χ4n) is 1.57. The minimum Gasteiger partial charge on any atom is -0.496 e. The standard InChI is InChI=1S/C13H21NO2/c1-10(2)14-9-12(15)8-11-6-4-5-7-13(11)16-3/h4-7,10,12,14-15H,8-9H2,1-3H3. The van der Waals surface area contributed by atoms with Crippen LogP contribution in [-0.4, -0.2) is 30.9 Å². The average molecular weight is 223 g/mol. The highest BCUT2D eigenvalue weighted by atomic mass is 16.5. The molecule has 0 saturated heterocycles. The van der Waals surface area contributed by atoms with Gasteiger partial charge in [0.1, 0.15) is 5.75 Å². The average Bonchev–Trinajstić information content (AvgIpc) is 2.27. The molecule has 1 aromatic rings. The second-order valence-electron chi connectivity index (χ2n) is 4.23. The van der Waals surface area contributed by atoms with E-state index in [4.69, 9.17) is 4.74 Å². The summed E-state index contributed by atoms with van der Waals surface area (Å²) in [5.74, 6) is 0.839. The molecule has 1 atom stereocenters. The maximum absolute atomic E-state index is 9.85. The van der Waals surface area contributed by atoms with Crippen LogP contribution in [0, 0.1) is 0 Å². The van der Waals surface area contributed by atoms with Gasteiger partial charge in [-0.2, -0.15) is 0 Å². The molecule has 3 nitrogen and oxygen atoms in total. The zero-order valence-corrected chi connectivity index (χ0v) is 10.2. The largest absolute Gasteiger partial charge is 0.496 e. The Balaban J connectivity index is 2.51. The van der Waals surface area contributed by atoms with Crippen molar-refractivity contribution < 1.29 is 9.84 Å². The lowest BCUT2D eigenvalue weighted by atomic mass is 10.1. The third-order valence-corrected chi connectivity index (χ3v) is 2.41. The predicted octanol–water partition coefficient (Wildman–Crippen LogP) is 1.60. The zero-order chi connectivity index (χ0) is 12.0. The van der Waals surface area contributed by atoms with E-state index in [1.54, 1.807) is 7.11 Å². The first-order valence-electron chi connectivity index (χ1n) is 5.66. The quantitative estimate of drug-likeness (QED) is 0.769.